The van der Waals surface area contributed by atoms with Crippen molar-refractivity contribution in [1.82, 2.24) is 15.0 Å². The van der Waals surface area contributed by atoms with Crippen molar-refractivity contribution in [2.24, 2.45) is 40.9 Å². The summed E-state index contributed by atoms with van der Waals surface area (Å²) in [5.41, 5.74) is 9.34. The monoisotopic (exact) mass is 926 g/mol. The Morgan fingerprint density at radius 1 is 0.338 bits per heavy atom. The van der Waals surface area contributed by atoms with E-state index in [1.807, 2.05) is 141 Å². The number of thiol groups is 4. The molecule has 0 unspecified atom stereocenters. The summed E-state index contributed by atoms with van der Waals surface area (Å²) in [6.07, 6.45) is 0. The van der Waals surface area contributed by atoms with Crippen LogP contribution in [0.3, 0.4) is 0 Å². The average Bonchev–Trinajstić information content (AvgIpc) is 3.29. The molecule has 0 aliphatic carbocycles. The highest BCUT2D eigenvalue weighted by molar-refractivity contribution is 7.81. The third-order valence-electron chi connectivity index (χ3n) is 9.28. The third kappa shape index (κ3) is 12.5. The fraction of sp³-hybridized carbons (Fsp3) is 0.0426. The van der Waals surface area contributed by atoms with Gasteiger partial charge >= 0.3 is 0 Å². The Kier molecular flexibility index (Phi) is 14.3. The van der Waals surface area contributed by atoms with E-state index in [-0.39, 0.29) is 0 Å². The molecule has 0 spiro atoms. The first-order valence-corrected chi connectivity index (χ1v) is 21.6. The highest BCUT2D eigenvalue weighted by Gasteiger charge is 2.11. The van der Waals surface area contributed by atoms with E-state index in [0.29, 0.717) is 61.8 Å². The predicted octanol–water partition coefficient (Wildman–Crippen LogP) is 16.5. The molecule has 18 heteroatoms. The maximum absolute atomic E-state index is 4.70. The first kappa shape index (κ1) is 44.4. The smallest absolute Gasteiger partial charge is 0.233 e. The topological polar surface area (TPSA) is 174 Å². The summed E-state index contributed by atoms with van der Waals surface area (Å²) in [7, 11) is 0. The largest absolute Gasteiger partial charge is 0.324 e. The van der Waals surface area contributed by atoms with Gasteiger partial charge in [0.1, 0.15) is 0 Å². The Balaban J connectivity index is 0.948. The van der Waals surface area contributed by atoms with Crippen molar-refractivity contribution in [2.45, 2.75) is 33.4 Å². The standard InChI is InChI=1S/C47H38N14S4/c1-28-24-33(12-20-39(28)58-60-41-22-14-35(26-43(41)64)56-54-31-8-16-37(62)17-9-31)49-46-51-45(48-30-6-4-3-5-7-30)52-47(53-46)50-34-13-21-40(29(2)25-34)59-61-42-23-15-36(27-44(42)65)57-55-32-10-18-38(63)19-11-32/h3-27,62-65H,1-2H3,(H3,48,49,50,51,52,53)/b56-54-,57-55-,60-58-,61-59-. The minimum atomic E-state index is 0.315. The van der Waals surface area contributed by atoms with E-state index in [9.17, 15) is 0 Å². The molecule has 0 bridgehead atoms. The Bertz CT molecular complexity index is 2910. The van der Waals surface area contributed by atoms with Gasteiger partial charge < -0.3 is 16.0 Å². The predicted molar refractivity (Wildman–Crippen MR) is 270 cm³/mol. The second-order valence-electron chi connectivity index (χ2n) is 14.2. The summed E-state index contributed by atoms with van der Waals surface area (Å²) in [5, 5.41) is 45.0. The average molecular weight is 927 g/mol. The fourth-order valence-electron chi connectivity index (χ4n) is 5.95. The minimum Gasteiger partial charge on any atom is -0.324 e. The van der Waals surface area contributed by atoms with Crippen LogP contribution in [0.25, 0.3) is 0 Å². The molecule has 0 radical (unpaired) electrons. The summed E-state index contributed by atoms with van der Waals surface area (Å²) < 4.78 is 0. The van der Waals surface area contributed by atoms with E-state index in [1.54, 1.807) is 24.3 Å². The van der Waals surface area contributed by atoms with E-state index in [0.717, 1.165) is 49.4 Å². The van der Waals surface area contributed by atoms with Gasteiger partial charge in [0.05, 0.1) is 45.5 Å². The van der Waals surface area contributed by atoms with Gasteiger partial charge in [0.2, 0.25) is 17.8 Å². The van der Waals surface area contributed by atoms with Crippen LogP contribution in [0.2, 0.25) is 0 Å². The number of nitrogens with zero attached hydrogens (tertiary/aromatic N) is 11. The number of aromatic nitrogens is 3. The maximum atomic E-state index is 4.70. The molecule has 1 heterocycles. The fourth-order valence-corrected chi connectivity index (χ4v) is 6.75. The molecule has 7 aromatic carbocycles. The van der Waals surface area contributed by atoms with Crippen LogP contribution < -0.4 is 16.0 Å². The number of para-hydroxylation sites is 1. The lowest BCUT2D eigenvalue weighted by atomic mass is 10.2. The number of aryl methyl sites for hydroxylation is 2. The quantitative estimate of drug-likeness (QED) is 0.0422. The Labute approximate surface area is 396 Å². The number of rotatable bonds is 14. The van der Waals surface area contributed by atoms with Gasteiger partial charge in [0, 0.05) is 36.6 Å². The van der Waals surface area contributed by atoms with Crippen molar-refractivity contribution in [3.8, 4) is 0 Å². The number of azo groups is 4. The molecule has 8 aromatic rings. The van der Waals surface area contributed by atoms with Crippen molar-refractivity contribution >= 4 is 131 Å². The summed E-state index contributed by atoms with van der Waals surface area (Å²) in [5.74, 6) is 0.967. The van der Waals surface area contributed by atoms with E-state index in [1.165, 1.54) is 0 Å². The molecule has 0 amide bonds. The van der Waals surface area contributed by atoms with Gasteiger partial charge in [-0.3, -0.25) is 0 Å². The SMILES string of the molecule is Cc1cc(Nc2nc(Nc3ccccc3)nc(Nc3ccc(/N=N\c4ccc(/N=N\c5ccc(S)cc5)cc4S)c(C)c3)n2)ccc1/N=N\c1ccc(/N=N\c2ccc(S)cc2)cc1S. The van der Waals surface area contributed by atoms with Crippen molar-refractivity contribution in [1.29, 1.82) is 0 Å². The van der Waals surface area contributed by atoms with E-state index in [2.05, 4.69) is 117 Å². The number of hydrogen-bond acceptors (Lipinski definition) is 18. The molecule has 0 atom stereocenters. The molecule has 65 heavy (non-hydrogen) atoms. The van der Waals surface area contributed by atoms with Crippen LogP contribution in [0.1, 0.15) is 11.1 Å². The number of hydrogen-bond donors (Lipinski definition) is 7. The van der Waals surface area contributed by atoms with Crippen LogP contribution in [-0.2, 0) is 0 Å². The molecule has 1 aromatic heterocycles. The van der Waals surface area contributed by atoms with Gasteiger partial charge in [0.15, 0.2) is 0 Å². The highest BCUT2D eigenvalue weighted by atomic mass is 32.1. The summed E-state index contributed by atoms with van der Waals surface area (Å²) in [6, 6.07) is 46.7. The van der Waals surface area contributed by atoms with Crippen molar-refractivity contribution in [3.05, 3.63) is 163 Å². The minimum absolute atomic E-state index is 0.315. The Hall–Kier alpha value is -7.25. The molecule has 0 saturated heterocycles. The van der Waals surface area contributed by atoms with Gasteiger partial charge in [-0.15, -0.1) is 60.7 Å². The second-order valence-corrected chi connectivity index (χ2v) is 16.2. The van der Waals surface area contributed by atoms with Gasteiger partial charge in [-0.25, -0.2) is 0 Å². The maximum Gasteiger partial charge on any atom is 0.233 e. The van der Waals surface area contributed by atoms with Crippen molar-refractivity contribution < 1.29 is 0 Å². The lowest BCUT2D eigenvalue weighted by molar-refractivity contribution is 1.06. The third-order valence-corrected chi connectivity index (χ3v) is 10.6. The molecule has 14 nitrogen and oxygen atoms in total. The molecule has 320 valence electrons. The van der Waals surface area contributed by atoms with Gasteiger partial charge in [-0.05, 0) is 158 Å². The molecular weight excluding hydrogens is 889 g/mol. The van der Waals surface area contributed by atoms with Gasteiger partial charge in [-0.2, -0.15) is 45.6 Å². The van der Waals surface area contributed by atoms with E-state index < -0.39 is 0 Å². The highest BCUT2D eigenvalue weighted by Crippen LogP contribution is 2.34. The van der Waals surface area contributed by atoms with Crippen LogP contribution in [0.4, 0.5) is 80.4 Å². The van der Waals surface area contributed by atoms with E-state index >= 15 is 0 Å². The molecule has 3 N–H and O–H groups in total. The zero-order valence-electron chi connectivity index (χ0n) is 34.6. The van der Waals surface area contributed by atoms with Crippen LogP contribution in [-0.4, -0.2) is 15.0 Å². The normalized spacial score (nSPS) is 11.6. The number of benzene rings is 7. The first-order chi connectivity index (χ1) is 31.6. The first-order valence-electron chi connectivity index (χ1n) is 19.8. The van der Waals surface area contributed by atoms with E-state index in [4.69, 9.17) is 4.98 Å². The number of nitrogens with one attached hydrogen (secondary N) is 3. The summed E-state index contributed by atoms with van der Waals surface area (Å²) in [4.78, 5) is 17.0. The zero-order valence-corrected chi connectivity index (χ0v) is 38.2. The molecule has 8 rings (SSSR count). The van der Waals surface area contributed by atoms with Crippen LogP contribution in [0.15, 0.2) is 212 Å². The number of anilines is 6. The zero-order chi connectivity index (χ0) is 45.1. The molecule has 0 aliphatic heterocycles. The lowest BCUT2D eigenvalue weighted by Gasteiger charge is -2.13. The van der Waals surface area contributed by atoms with Crippen LogP contribution in [0, 0.1) is 13.8 Å². The molecular formula is C47H38N14S4. The summed E-state index contributed by atoms with van der Waals surface area (Å²) in [6.45, 7) is 3.90. The molecule has 0 saturated carbocycles. The van der Waals surface area contributed by atoms with Crippen molar-refractivity contribution in [3.63, 3.8) is 0 Å². The lowest BCUT2D eigenvalue weighted by Crippen LogP contribution is -2.07. The van der Waals surface area contributed by atoms with Crippen LogP contribution >= 0.6 is 50.5 Å². The van der Waals surface area contributed by atoms with Crippen molar-refractivity contribution in [2.75, 3.05) is 16.0 Å². The summed E-state index contributed by atoms with van der Waals surface area (Å²) >= 11 is 17.8. The molecule has 0 fully saturated rings. The van der Waals surface area contributed by atoms with Gasteiger partial charge in [-0.1, -0.05) is 18.2 Å². The Morgan fingerprint density at radius 3 is 1.09 bits per heavy atom. The van der Waals surface area contributed by atoms with Gasteiger partial charge in [0.25, 0.3) is 0 Å². The Morgan fingerprint density at radius 2 is 0.692 bits per heavy atom. The molecule has 0 aliphatic rings. The van der Waals surface area contributed by atoms with Crippen LogP contribution in [0.5, 0.6) is 0 Å². The second kappa shape index (κ2) is 21.0.